The summed E-state index contributed by atoms with van der Waals surface area (Å²) in [5, 5.41) is 11.3. The zero-order valence-electron chi connectivity index (χ0n) is 6.11. The molecule has 0 N–H and O–H groups in total. The molecule has 0 fully saturated rings. The molecule has 13 heavy (non-hydrogen) atoms. The minimum atomic E-state index is -0.797. The fourth-order valence-electron chi connectivity index (χ4n) is 1.06. The molecule has 1 aromatic rings. The Balaban J connectivity index is 2.78. The molecule has 0 atom stereocenters. The molecule has 0 aromatic heterocycles. The van der Waals surface area contributed by atoms with Gasteiger partial charge < -0.3 is 5.11 Å². The van der Waals surface area contributed by atoms with Crippen LogP contribution in [0.3, 0.4) is 0 Å². The van der Waals surface area contributed by atoms with Crippen molar-refractivity contribution in [2.45, 2.75) is 0 Å². The summed E-state index contributed by atoms with van der Waals surface area (Å²) in [5.74, 6) is -1.34. The van der Waals surface area contributed by atoms with Crippen LogP contribution in [0, 0.1) is 4.91 Å². The zero-order valence-corrected chi connectivity index (χ0v) is 7.70. The lowest BCUT2D eigenvalue weighted by Crippen LogP contribution is -1.99. The number of halogens is 1. The number of nitrogens with zero attached hydrogens (tertiary/aromatic N) is 1. The third-order valence-corrected chi connectivity index (χ3v) is 2.28. The third-order valence-electron chi connectivity index (χ3n) is 1.65. The predicted molar refractivity (Wildman–Crippen MR) is 42.3 cm³/mol. The molecule has 0 bridgehead atoms. The van der Waals surface area contributed by atoms with Gasteiger partial charge in [0.1, 0.15) is 5.56 Å². The van der Waals surface area contributed by atoms with E-state index in [0.717, 1.165) is 0 Å². The van der Waals surface area contributed by atoms with Crippen LogP contribution in [0.4, 0.5) is 5.69 Å². The van der Waals surface area contributed by atoms with Crippen LogP contribution in [0.2, 0.25) is 0 Å². The Labute approximate surface area is 80.6 Å². The van der Waals surface area contributed by atoms with Crippen LogP contribution >= 0.6 is 15.9 Å². The zero-order chi connectivity index (χ0) is 9.59. The molecular formula is C7H2BrNO4. The second kappa shape index (κ2) is 2.53. The summed E-state index contributed by atoms with van der Waals surface area (Å²) < 4.78 is 0.227. The molecule has 0 saturated carbocycles. The predicted octanol–water partition coefficient (Wildman–Crippen LogP) is 1.02. The Morgan fingerprint density at radius 1 is 1.46 bits per heavy atom. The summed E-state index contributed by atoms with van der Waals surface area (Å²) in [4.78, 5) is 25.9. The lowest BCUT2D eigenvalue weighted by Gasteiger charge is -2.04. The van der Waals surface area contributed by atoms with Gasteiger partial charge in [0.2, 0.25) is 0 Å². The highest BCUT2D eigenvalue weighted by Crippen LogP contribution is 2.38. The molecule has 1 aliphatic heterocycles. The van der Waals surface area contributed by atoms with Gasteiger partial charge in [0.05, 0.1) is 4.91 Å². The second-order valence-electron chi connectivity index (χ2n) is 2.41. The minimum Gasteiger partial charge on any atom is -0.867 e. The van der Waals surface area contributed by atoms with Gasteiger partial charge in [-0.1, -0.05) is 15.9 Å². The smallest absolute Gasteiger partial charge is 0.423 e. The van der Waals surface area contributed by atoms with E-state index in [1.807, 2.05) is 0 Å². The Kier molecular flexibility index (Phi) is 1.59. The summed E-state index contributed by atoms with van der Waals surface area (Å²) in [6, 6.07) is 2.77. The molecule has 1 heterocycles. The van der Waals surface area contributed by atoms with Gasteiger partial charge in [-0.3, -0.25) is 0 Å². The van der Waals surface area contributed by atoms with Crippen LogP contribution in [-0.4, -0.2) is 10.9 Å². The highest BCUT2D eigenvalue weighted by Gasteiger charge is 2.40. The highest BCUT2D eigenvalue weighted by molar-refractivity contribution is 9.10. The van der Waals surface area contributed by atoms with Gasteiger partial charge in [-0.15, -0.1) is 4.84 Å². The standard InChI is InChI=1S/C7H2BrNO4/c8-4-2-1-3-5(6(4)10)9(12)13-7(3)11/h1-2H. The lowest BCUT2D eigenvalue weighted by atomic mass is 10.2. The molecule has 0 saturated heterocycles. The van der Waals surface area contributed by atoms with Crippen molar-refractivity contribution in [2.75, 3.05) is 0 Å². The largest absolute Gasteiger partial charge is 0.867 e. The number of carbonyl (C=O) groups is 1. The average Bonchev–Trinajstić information content (AvgIpc) is 2.35. The van der Waals surface area contributed by atoms with Gasteiger partial charge in [-0.05, 0) is 17.9 Å². The van der Waals surface area contributed by atoms with Crippen molar-refractivity contribution >= 4 is 27.6 Å². The maximum absolute atomic E-state index is 11.3. The van der Waals surface area contributed by atoms with Gasteiger partial charge in [0.25, 0.3) is 4.92 Å². The maximum Gasteiger partial charge on any atom is 0.423 e. The summed E-state index contributed by atoms with van der Waals surface area (Å²) in [5.41, 5.74) is -0.262. The van der Waals surface area contributed by atoms with Crippen LogP contribution in [-0.2, 0) is 4.84 Å². The van der Waals surface area contributed by atoms with Crippen molar-refractivity contribution in [1.29, 1.82) is 0 Å². The van der Waals surface area contributed by atoms with Crippen LogP contribution in [0.5, 0.6) is 5.75 Å². The molecule has 5 nitrogen and oxygen atoms in total. The van der Waals surface area contributed by atoms with E-state index < -0.39 is 11.7 Å². The fourth-order valence-corrected chi connectivity index (χ4v) is 1.38. The molecule has 2 rings (SSSR count). The highest BCUT2D eigenvalue weighted by atomic mass is 79.9. The van der Waals surface area contributed by atoms with E-state index >= 15 is 0 Å². The van der Waals surface area contributed by atoms with E-state index in [2.05, 4.69) is 20.8 Å². The Bertz CT molecular complexity index is 429. The van der Waals surface area contributed by atoms with Crippen LogP contribution < -0.4 is 5.11 Å². The molecule has 1 aromatic carbocycles. The first kappa shape index (κ1) is 8.18. The second-order valence-corrected chi connectivity index (χ2v) is 3.26. The normalized spacial score (nSPS) is 14.2. The van der Waals surface area contributed by atoms with E-state index in [1.165, 1.54) is 12.1 Å². The number of hydrogen-bond donors (Lipinski definition) is 0. The number of carbonyl (C=O) groups excluding carboxylic acids is 1. The van der Waals surface area contributed by atoms with Crippen molar-refractivity contribution < 1.29 is 19.7 Å². The quantitative estimate of drug-likeness (QED) is 0.683. The van der Waals surface area contributed by atoms with E-state index in [1.54, 1.807) is 0 Å². The van der Waals surface area contributed by atoms with Crippen LogP contribution in [0.15, 0.2) is 16.6 Å². The third kappa shape index (κ3) is 1.02. The summed E-state index contributed by atoms with van der Waals surface area (Å²) in [6.07, 6.45) is 0. The molecule has 0 spiro atoms. The number of benzene rings is 1. The van der Waals surface area contributed by atoms with Gasteiger partial charge in [-0.25, -0.2) is 4.79 Å². The van der Waals surface area contributed by atoms with Crippen molar-refractivity contribution in [3.8, 4) is 5.75 Å². The lowest BCUT2D eigenvalue weighted by molar-refractivity contribution is -0.708. The Morgan fingerprint density at radius 2 is 2.15 bits per heavy atom. The van der Waals surface area contributed by atoms with Gasteiger partial charge >= 0.3 is 11.7 Å². The van der Waals surface area contributed by atoms with Gasteiger partial charge in [-0.2, -0.15) is 0 Å². The molecular weight excluding hydrogens is 242 g/mol. The Hall–Kier alpha value is -1.43. The number of hydrogen-bond acceptors (Lipinski definition) is 4. The SMILES string of the molecule is O=C1O[N+](=O)c2c1ccc(Br)c2[O-]. The van der Waals surface area contributed by atoms with Crippen LogP contribution in [0.1, 0.15) is 10.4 Å². The monoisotopic (exact) mass is 243 g/mol. The molecule has 66 valence electrons. The number of rotatable bonds is 0. The first-order chi connectivity index (χ1) is 6.11. The first-order valence-electron chi connectivity index (χ1n) is 3.30. The van der Waals surface area contributed by atoms with E-state index in [-0.39, 0.29) is 20.6 Å². The van der Waals surface area contributed by atoms with Gasteiger partial charge in [0.15, 0.2) is 0 Å². The molecule has 0 aliphatic carbocycles. The van der Waals surface area contributed by atoms with E-state index in [9.17, 15) is 14.8 Å². The topological polar surface area (TPSA) is 69.4 Å². The van der Waals surface area contributed by atoms with Crippen molar-refractivity contribution in [3.05, 3.63) is 27.1 Å². The summed E-state index contributed by atoms with van der Waals surface area (Å²) in [6.45, 7) is 0. The summed E-state index contributed by atoms with van der Waals surface area (Å²) in [7, 11) is 0. The Morgan fingerprint density at radius 3 is 2.85 bits per heavy atom. The van der Waals surface area contributed by atoms with Gasteiger partial charge in [0, 0.05) is 4.47 Å². The fraction of sp³-hybridized carbons (Fsp3) is 0. The van der Waals surface area contributed by atoms with Crippen molar-refractivity contribution in [1.82, 2.24) is 0 Å². The minimum absolute atomic E-state index is 0.00296. The molecule has 6 heteroatoms. The number of fused-ring (bicyclic) bond motifs is 1. The molecule has 0 amide bonds. The van der Waals surface area contributed by atoms with E-state index in [4.69, 9.17) is 0 Å². The average molecular weight is 244 g/mol. The molecule has 0 radical (unpaired) electrons. The maximum atomic E-state index is 11.3. The first-order valence-corrected chi connectivity index (χ1v) is 4.09. The molecule has 1 aliphatic rings. The van der Waals surface area contributed by atoms with Crippen molar-refractivity contribution in [2.24, 2.45) is 0 Å². The summed E-state index contributed by atoms with van der Waals surface area (Å²) >= 11 is 2.95. The van der Waals surface area contributed by atoms with Crippen molar-refractivity contribution in [3.63, 3.8) is 0 Å². The van der Waals surface area contributed by atoms with Crippen LogP contribution in [0.25, 0.3) is 0 Å². The molecule has 0 unspecified atom stereocenters. The van der Waals surface area contributed by atoms with E-state index in [0.29, 0.717) is 0 Å².